The summed E-state index contributed by atoms with van der Waals surface area (Å²) in [4.78, 5) is 2.46. The third-order valence-corrected chi connectivity index (χ3v) is 3.64. The van der Waals surface area contributed by atoms with Crippen LogP contribution in [-0.2, 0) is 6.54 Å². The van der Waals surface area contributed by atoms with E-state index in [-0.39, 0.29) is 6.73 Å². The third-order valence-electron chi connectivity index (χ3n) is 3.64. The van der Waals surface area contributed by atoms with Crippen molar-refractivity contribution in [2.45, 2.75) is 25.9 Å². The SMILES string of the molecule is CC1CCN(Cc2ccccc2)CC1NCO. The summed E-state index contributed by atoms with van der Waals surface area (Å²) in [6.45, 7) is 5.52. The molecule has 17 heavy (non-hydrogen) atoms. The molecule has 1 saturated heterocycles. The molecule has 2 N–H and O–H groups in total. The predicted octanol–water partition coefficient (Wildman–Crippen LogP) is 1.44. The zero-order valence-electron chi connectivity index (χ0n) is 10.5. The average molecular weight is 234 g/mol. The maximum absolute atomic E-state index is 8.98. The molecule has 0 aromatic heterocycles. The van der Waals surface area contributed by atoms with Crippen LogP contribution in [0.1, 0.15) is 18.9 Å². The van der Waals surface area contributed by atoms with Crippen LogP contribution in [0.15, 0.2) is 30.3 Å². The Kier molecular flexibility index (Phi) is 4.54. The number of aliphatic hydroxyl groups excluding tert-OH is 1. The van der Waals surface area contributed by atoms with Crippen molar-refractivity contribution in [3.8, 4) is 0 Å². The van der Waals surface area contributed by atoms with Crippen LogP contribution in [-0.4, -0.2) is 35.9 Å². The van der Waals surface area contributed by atoms with E-state index >= 15 is 0 Å². The first-order valence-corrected chi connectivity index (χ1v) is 6.40. The fraction of sp³-hybridized carbons (Fsp3) is 0.571. The molecule has 0 radical (unpaired) electrons. The maximum atomic E-state index is 8.98. The number of rotatable bonds is 4. The van der Waals surface area contributed by atoms with E-state index < -0.39 is 0 Å². The van der Waals surface area contributed by atoms with Gasteiger partial charge < -0.3 is 5.11 Å². The predicted molar refractivity (Wildman–Crippen MR) is 69.5 cm³/mol. The van der Waals surface area contributed by atoms with Gasteiger partial charge in [-0.05, 0) is 24.4 Å². The van der Waals surface area contributed by atoms with Gasteiger partial charge in [0.05, 0.1) is 6.73 Å². The number of hydrogen-bond acceptors (Lipinski definition) is 3. The fourth-order valence-electron chi connectivity index (χ4n) is 2.51. The second kappa shape index (κ2) is 6.15. The second-order valence-corrected chi connectivity index (χ2v) is 4.96. The number of nitrogens with one attached hydrogen (secondary N) is 1. The number of likely N-dealkylation sites (tertiary alicyclic amines) is 1. The molecule has 0 aliphatic carbocycles. The Morgan fingerprint density at radius 2 is 2.12 bits per heavy atom. The molecular formula is C14H22N2O. The summed E-state index contributed by atoms with van der Waals surface area (Å²) >= 11 is 0. The number of piperidine rings is 1. The highest BCUT2D eigenvalue weighted by atomic mass is 16.3. The summed E-state index contributed by atoms with van der Waals surface area (Å²) in [6, 6.07) is 11.0. The van der Waals surface area contributed by atoms with Gasteiger partial charge in [0.2, 0.25) is 0 Å². The quantitative estimate of drug-likeness (QED) is 0.774. The van der Waals surface area contributed by atoms with E-state index in [9.17, 15) is 0 Å². The van der Waals surface area contributed by atoms with Gasteiger partial charge in [-0.3, -0.25) is 10.2 Å². The van der Waals surface area contributed by atoms with Crippen LogP contribution in [0.4, 0.5) is 0 Å². The lowest BCUT2D eigenvalue weighted by Crippen LogP contribution is -2.49. The minimum absolute atomic E-state index is 0.0776. The monoisotopic (exact) mass is 234 g/mol. The molecule has 2 atom stereocenters. The number of benzene rings is 1. The molecule has 0 saturated carbocycles. The summed E-state index contributed by atoms with van der Waals surface area (Å²) in [5.41, 5.74) is 1.37. The van der Waals surface area contributed by atoms with E-state index in [0.717, 1.165) is 19.6 Å². The molecule has 1 aliphatic rings. The van der Waals surface area contributed by atoms with Gasteiger partial charge in [-0.1, -0.05) is 37.3 Å². The summed E-state index contributed by atoms with van der Waals surface area (Å²) in [7, 11) is 0. The Hall–Kier alpha value is -0.900. The normalized spacial score (nSPS) is 26.0. The van der Waals surface area contributed by atoms with Gasteiger partial charge in [0.15, 0.2) is 0 Å². The van der Waals surface area contributed by atoms with Crippen LogP contribution in [0.25, 0.3) is 0 Å². The van der Waals surface area contributed by atoms with Crippen LogP contribution in [0.3, 0.4) is 0 Å². The lowest BCUT2D eigenvalue weighted by Gasteiger charge is -2.37. The Morgan fingerprint density at radius 1 is 1.35 bits per heavy atom. The van der Waals surface area contributed by atoms with Crippen molar-refractivity contribution in [3.63, 3.8) is 0 Å². The van der Waals surface area contributed by atoms with Gasteiger partial charge in [-0.15, -0.1) is 0 Å². The molecule has 3 heteroatoms. The topological polar surface area (TPSA) is 35.5 Å². The molecule has 1 heterocycles. The third kappa shape index (κ3) is 3.53. The zero-order chi connectivity index (χ0) is 12.1. The van der Waals surface area contributed by atoms with Crippen LogP contribution in [0, 0.1) is 5.92 Å². The standard InChI is InChI=1S/C14H22N2O/c1-12-7-8-16(10-14(12)15-11-17)9-13-5-3-2-4-6-13/h2-6,12,14-15,17H,7-11H2,1H3. The molecule has 3 nitrogen and oxygen atoms in total. The highest BCUT2D eigenvalue weighted by Gasteiger charge is 2.25. The zero-order valence-corrected chi connectivity index (χ0v) is 10.5. The molecule has 0 bridgehead atoms. The molecule has 2 rings (SSSR count). The van der Waals surface area contributed by atoms with Crippen molar-refractivity contribution in [2.24, 2.45) is 5.92 Å². The van der Waals surface area contributed by atoms with E-state index in [1.165, 1.54) is 12.0 Å². The lowest BCUT2D eigenvalue weighted by molar-refractivity contribution is 0.119. The highest BCUT2D eigenvalue weighted by molar-refractivity contribution is 5.14. The molecular weight excluding hydrogens is 212 g/mol. The van der Waals surface area contributed by atoms with Crippen molar-refractivity contribution in [2.75, 3.05) is 19.8 Å². The Bertz CT molecular complexity index is 328. The first-order chi connectivity index (χ1) is 8.29. The van der Waals surface area contributed by atoms with E-state index in [1.807, 2.05) is 0 Å². The number of aliphatic hydroxyl groups is 1. The van der Waals surface area contributed by atoms with Crippen LogP contribution in [0.2, 0.25) is 0 Å². The van der Waals surface area contributed by atoms with Crippen LogP contribution < -0.4 is 5.32 Å². The summed E-state index contributed by atoms with van der Waals surface area (Å²) in [5, 5.41) is 12.1. The lowest BCUT2D eigenvalue weighted by atomic mass is 9.93. The van der Waals surface area contributed by atoms with E-state index in [2.05, 4.69) is 47.5 Å². The van der Waals surface area contributed by atoms with Gasteiger partial charge in [-0.25, -0.2) is 0 Å². The average Bonchev–Trinajstić information content (AvgIpc) is 2.35. The maximum Gasteiger partial charge on any atom is 0.0934 e. The van der Waals surface area contributed by atoms with Gasteiger partial charge in [0.1, 0.15) is 0 Å². The second-order valence-electron chi connectivity index (χ2n) is 4.96. The van der Waals surface area contributed by atoms with Crippen molar-refractivity contribution >= 4 is 0 Å². The van der Waals surface area contributed by atoms with Gasteiger partial charge in [0.25, 0.3) is 0 Å². The number of nitrogens with zero attached hydrogens (tertiary/aromatic N) is 1. The number of hydrogen-bond donors (Lipinski definition) is 2. The molecule has 0 spiro atoms. The van der Waals surface area contributed by atoms with Crippen molar-refractivity contribution < 1.29 is 5.11 Å². The Morgan fingerprint density at radius 3 is 2.82 bits per heavy atom. The van der Waals surface area contributed by atoms with Crippen molar-refractivity contribution in [3.05, 3.63) is 35.9 Å². The first-order valence-electron chi connectivity index (χ1n) is 6.40. The van der Waals surface area contributed by atoms with E-state index in [1.54, 1.807) is 0 Å². The van der Waals surface area contributed by atoms with Crippen LogP contribution in [0.5, 0.6) is 0 Å². The van der Waals surface area contributed by atoms with Gasteiger partial charge in [-0.2, -0.15) is 0 Å². The van der Waals surface area contributed by atoms with E-state index in [0.29, 0.717) is 12.0 Å². The molecule has 1 aliphatic heterocycles. The minimum atomic E-state index is 0.0776. The summed E-state index contributed by atoms with van der Waals surface area (Å²) in [6.07, 6.45) is 1.20. The molecule has 0 amide bonds. The Balaban J connectivity index is 1.90. The van der Waals surface area contributed by atoms with Gasteiger partial charge in [0, 0.05) is 19.1 Å². The molecule has 1 aromatic carbocycles. The Labute approximate surface area is 103 Å². The molecule has 1 aromatic rings. The smallest absolute Gasteiger partial charge is 0.0934 e. The largest absolute Gasteiger partial charge is 0.381 e. The summed E-state index contributed by atoms with van der Waals surface area (Å²) in [5.74, 6) is 0.647. The van der Waals surface area contributed by atoms with Crippen molar-refractivity contribution in [1.29, 1.82) is 0 Å². The highest BCUT2D eigenvalue weighted by Crippen LogP contribution is 2.18. The molecule has 94 valence electrons. The molecule has 2 unspecified atom stereocenters. The first kappa shape index (κ1) is 12.6. The molecule has 1 fully saturated rings. The van der Waals surface area contributed by atoms with Crippen LogP contribution >= 0.6 is 0 Å². The minimum Gasteiger partial charge on any atom is -0.381 e. The summed E-state index contributed by atoms with van der Waals surface area (Å²) < 4.78 is 0. The van der Waals surface area contributed by atoms with Crippen molar-refractivity contribution in [1.82, 2.24) is 10.2 Å². The fourth-order valence-corrected chi connectivity index (χ4v) is 2.51. The van der Waals surface area contributed by atoms with Gasteiger partial charge >= 0.3 is 0 Å². The van der Waals surface area contributed by atoms with E-state index in [4.69, 9.17) is 5.11 Å².